The van der Waals surface area contributed by atoms with E-state index in [0.717, 1.165) is 43.1 Å². The van der Waals surface area contributed by atoms with Gasteiger partial charge < -0.3 is 5.32 Å². The lowest BCUT2D eigenvalue weighted by atomic mass is 10.1. The Bertz CT molecular complexity index is 360. The van der Waals surface area contributed by atoms with Crippen LogP contribution in [0.4, 0.5) is 0 Å². The molecule has 3 nitrogen and oxygen atoms in total. The number of aromatic nitrogens is 2. The van der Waals surface area contributed by atoms with Crippen molar-refractivity contribution in [2.45, 2.75) is 66.0 Å². The van der Waals surface area contributed by atoms with Crippen LogP contribution < -0.4 is 5.32 Å². The van der Waals surface area contributed by atoms with E-state index < -0.39 is 0 Å². The smallest absolute Gasteiger partial charge is 0.0849 e. The van der Waals surface area contributed by atoms with Gasteiger partial charge in [-0.25, -0.2) is 0 Å². The summed E-state index contributed by atoms with van der Waals surface area (Å²) in [5.41, 5.74) is 2.24. The Hall–Kier alpha value is -0.540. The van der Waals surface area contributed by atoms with E-state index in [1.54, 1.807) is 0 Å². The van der Waals surface area contributed by atoms with Crippen molar-refractivity contribution in [3.8, 4) is 0 Å². The Labute approximate surface area is 116 Å². The van der Waals surface area contributed by atoms with Gasteiger partial charge >= 0.3 is 0 Å². The van der Waals surface area contributed by atoms with Gasteiger partial charge in [-0.15, -0.1) is 0 Å². The minimum atomic E-state index is 0.581. The summed E-state index contributed by atoms with van der Waals surface area (Å²) >= 11 is 6.39. The van der Waals surface area contributed by atoms with Crippen molar-refractivity contribution >= 4 is 11.6 Å². The third-order valence-electron chi connectivity index (χ3n) is 3.30. The maximum absolute atomic E-state index is 6.39. The van der Waals surface area contributed by atoms with Crippen LogP contribution in [0.3, 0.4) is 0 Å². The molecule has 1 atom stereocenters. The van der Waals surface area contributed by atoms with Crippen LogP contribution in [0.15, 0.2) is 0 Å². The van der Waals surface area contributed by atoms with Gasteiger partial charge in [0.1, 0.15) is 0 Å². The number of hydrogen-bond donors (Lipinski definition) is 1. The maximum atomic E-state index is 6.39. The van der Waals surface area contributed by atoms with Crippen molar-refractivity contribution in [1.82, 2.24) is 15.1 Å². The topological polar surface area (TPSA) is 29.9 Å². The van der Waals surface area contributed by atoms with Crippen LogP contribution in [0.2, 0.25) is 5.02 Å². The molecule has 0 saturated heterocycles. The highest BCUT2D eigenvalue weighted by Crippen LogP contribution is 2.23. The van der Waals surface area contributed by atoms with E-state index in [0.29, 0.717) is 6.04 Å². The first-order chi connectivity index (χ1) is 8.63. The summed E-state index contributed by atoms with van der Waals surface area (Å²) in [6.45, 7) is 10.5. The molecule has 0 amide bonds. The quantitative estimate of drug-likeness (QED) is 0.785. The fourth-order valence-electron chi connectivity index (χ4n) is 2.28. The summed E-state index contributed by atoms with van der Waals surface area (Å²) in [6, 6.07) is 0.581. The molecule has 0 bridgehead atoms. The van der Waals surface area contributed by atoms with Gasteiger partial charge in [-0.2, -0.15) is 5.10 Å². The highest BCUT2D eigenvalue weighted by atomic mass is 35.5. The van der Waals surface area contributed by atoms with Gasteiger partial charge in [0, 0.05) is 12.6 Å². The van der Waals surface area contributed by atoms with Crippen molar-refractivity contribution in [3.63, 3.8) is 0 Å². The SMILES string of the molecule is CCNC(C)CCCc1c(Cl)c(CC)nn1CC. The Morgan fingerprint density at radius 1 is 1.33 bits per heavy atom. The van der Waals surface area contributed by atoms with E-state index in [4.69, 9.17) is 11.6 Å². The van der Waals surface area contributed by atoms with E-state index in [-0.39, 0.29) is 0 Å². The second-order valence-electron chi connectivity index (χ2n) is 4.73. The maximum Gasteiger partial charge on any atom is 0.0849 e. The highest BCUT2D eigenvalue weighted by molar-refractivity contribution is 6.31. The zero-order valence-corrected chi connectivity index (χ0v) is 12.8. The molecular formula is C14H26ClN3. The third kappa shape index (κ3) is 3.99. The number of rotatable bonds is 8. The van der Waals surface area contributed by atoms with Crippen LogP contribution in [-0.4, -0.2) is 22.4 Å². The van der Waals surface area contributed by atoms with Gasteiger partial charge in [-0.3, -0.25) is 4.68 Å². The zero-order chi connectivity index (χ0) is 13.5. The van der Waals surface area contributed by atoms with Crippen molar-refractivity contribution in [2.75, 3.05) is 6.54 Å². The summed E-state index contributed by atoms with van der Waals surface area (Å²) in [4.78, 5) is 0. The van der Waals surface area contributed by atoms with Crippen LogP contribution in [0.25, 0.3) is 0 Å². The number of nitrogens with one attached hydrogen (secondary N) is 1. The molecule has 1 aromatic heterocycles. The van der Waals surface area contributed by atoms with Gasteiger partial charge in [0.25, 0.3) is 0 Å². The molecule has 1 heterocycles. The molecule has 1 aromatic rings. The standard InChI is InChI=1S/C14H26ClN3/c1-5-12-14(15)13(18(7-3)17-12)10-8-9-11(4)16-6-2/h11,16H,5-10H2,1-4H3. The number of halogens is 1. The first-order valence-corrected chi connectivity index (χ1v) is 7.49. The molecule has 0 spiro atoms. The minimum Gasteiger partial charge on any atom is -0.315 e. The van der Waals surface area contributed by atoms with E-state index in [2.05, 4.69) is 42.8 Å². The van der Waals surface area contributed by atoms with E-state index >= 15 is 0 Å². The van der Waals surface area contributed by atoms with Gasteiger partial charge in [0.15, 0.2) is 0 Å². The fraction of sp³-hybridized carbons (Fsp3) is 0.786. The monoisotopic (exact) mass is 271 g/mol. The summed E-state index contributed by atoms with van der Waals surface area (Å²) in [6.07, 6.45) is 4.27. The largest absolute Gasteiger partial charge is 0.315 e. The molecule has 0 aliphatic rings. The molecule has 4 heteroatoms. The molecule has 104 valence electrons. The number of nitrogens with zero attached hydrogens (tertiary/aromatic N) is 2. The lowest BCUT2D eigenvalue weighted by Gasteiger charge is -2.12. The highest BCUT2D eigenvalue weighted by Gasteiger charge is 2.14. The number of aryl methyl sites for hydroxylation is 2. The molecule has 1 N–H and O–H groups in total. The lowest BCUT2D eigenvalue weighted by Crippen LogP contribution is -2.25. The van der Waals surface area contributed by atoms with Crippen molar-refractivity contribution in [1.29, 1.82) is 0 Å². The fourth-order valence-corrected chi connectivity index (χ4v) is 2.65. The van der Waals surface area contributed by atoms with Gasteiger partial charge in [-0.05, 0) is 46.1 Å². The van der Waals surface area contributed by atoms with Crippen molar-refractivity contribution in [2.24, 2.45) is 0 Å². The van der Waals surface area contributed by atoms with Crippen LogP contribution in [0.5, 0.6) is 0 Å². The summed E-state index contributed by atoms with van der Waals surface area (Å²) in [5.74, 6) is 0. The Morgan fingerprint density at radius 3 is 2.61 bits per heavy atom. The van der Waals surface area contributed by atoms with Gasteiger partial charge in [0.2, 0.25) is 0 Å². The Balaban J connectivity index is 2.58. The number of hydrogen-bond acceptors (Lipinski definition) is 2. The average molecular weight is 272 g/mol. The Kier molecular flexibility index (Phi) is 6.72. The molecule has 0 aliphatic heterocycles. The second kappa shape index (κ2) is 7.80. The predicted molar refractivity (Wildman–Crippen MR) is 78.4 cm³/mol. The normalized spacial score (nSPS) is 12.9. The molecule has 1 unspecified atom stereocenters. The van der Waals surface area contributed by atoms with Gasteiger partial charge in [-0.1, -0.05) is 25.4 Å². The molecule has 0 saturated carbocycles. The van der Waals surface area contributed by atoms with E-state index in [1.165, 1.54) is 12.1 Å². The predicted octanol–water partition coefficient (Wildman–Crippen LogP) is 3.44. The van der Waals surface area contributed by atoms with Crippen LogP contribution in [-0.2, 0) is 19.4 Å². The van der Waals surface area contributed by atoms with Crippen LogP contribution in [0, 0.1) is 0 Å². The molecule has 1 rings (SSSR count). The van der Waals surface area contributed by atoms with E-state index in [1.807, 2.05) is 0 Å². The summed E-state index contributed by atoms with van der Waals surface area (Å²) in [7, 11) is 0. The van der Waals surface area contributed by atoms with Crippen molar-refractivity contribution in [3.05, 3.63) is 16.4 Å². The summed E-state index contributed by atoms with van der Waals surface area (Å²) in [5, 5.41) is 8.87. The van der Waals surface area contributed by atoms with Crippen LogP contribution >= 0.6 is 11.6 Å². The third-order valence-corrected chi connectivity index (χ3v) is 3.73. The first-order valence-electron chi connectivity index (χ1n) is 7.11. The Morgan fingerprint density at radius 2 is 2.06 bits per heavy atom. The van der Waals surface area contributed by atoms with E-state index in [9.17, 15) is 0 Å². The first kappa shape index (κ1) is 15.5. The minimum absolute atomic E-state index is 0.581. The van der Waals surface area contributed by atoms with Gasteiger partial charge in [0.05, 0.1) is 16.4 Å². The molecule has 0 aliphatic carbocycles. The summed E-state index contributed by atoms with van der Waals surface area (Å²) < 4.78 is 2.05. The molecule has 0 aromatic carbocycles. The van der Waals surface area contributed by atoms with Crippen molar-refractivity contribution < 1.29 is 0 Å². The molecular weight excluding hydrogens is 246 g/mol. The molecule has 0 fully saturated rings. The molecule has 0 radical (unpaired) electrons. The molecule has 18 heavy (non-hydrogen) atoms. The van der Waals surface area contributed by atoms with Crippen LogP contribution in [0.1, 0.15) is 51.9 Å². The zero-order valence-electron chi connectivity index (χ0n) is 12.1. The lowest BCUT2D eigenvalue weighted by molar-refractivity contribution is 0.503. The second-order valence-corrected chi connectivity index (χ2v) is 5.11. The average Bonchev–Trinajstić information content (AvgIpc) is 2.66.